The van der Waals surface area contributed by atoms with Crippen LogP contribution in [0.2, 0.25) is 0 Å². The standard InChI is InChI=1S/C11H13NO/c12-11(13)9-5-4-8-10-6-2-1-3-7-10/h2,5-6,9-10H,1,3,7H2,(H2,12,13)/b9-5-. The van der Waals surface area contributed by atoms with Gasteiger partial charge in [-0.2, -0.15) is 0 Å². The number of carbonyl (C=O) groups excluding carboxylic acids is 1. The minimum Gasteiger partial charge on any atom is -0.366 e. The molecule has 0 bridgehead atoms. The minimum atomic E-state index is -0.450. The second-order valence-corrected chi connectivity index (χ2v) is 2.99. The van der Waals surface area contributed by atoms with Crippen molar-refractivity contribution in [2.45, 2.75) is 19.3 Å². The lowest BCUT2D eigenvalue weighted by Gasteiger charge is -2.08. The molecule has 1 unspecified atom stereocenters. The van der Waals surface area contributed by atoms with E-state index in [0.29, 0.717) is 5.92 Å². The van der Waals surface area contributed by atoms with Crippen molar-refractivity contribution in [1.82, 2.24) is 0 Å². The van der Waals surface area contributed by atoms with Crippen LogP contribution in [0.3, 0.4) is 0 Å². The molecule has 1 aliphatic rings. The summed E-state index contributed by atoms with van der Waals surface area (Å²) in [6.45, 7) is 0. The summed E-state index contributed by atoms with van der Waals surface area (Å²) >= 11 is 0. The van der Waals surface area contributed by atoms with Crippen LogP contribution < -0.4 is 5.73 Å². The molecule has 1 amide bonds. The van der Waals surface area contributed by atoms with E-state index in [2.05, 4.69) is 24.0 Å². The number of hydrogen-bond acceptors (Lipinski definition) is 1. The first-order valence-corrected chi connectivity index (χ1v) is 4.43. The molecule has 0 spiro atoms. The van der Waals surface area contributed by atoms with Gasteiger partial charge in [-0.05, 0) is 25.3 Å². The van der Waals surface area contributed by atoms with Gasteiger partial charge in [-0.15, -0.1) is 0 Å². The first kappa shape index (κ1) is 9.60. The van der Waals surface area contributed by atoms with E-state index in [1.54, 1.807) is 0 Å². The van der Waals surface area contributed by atoms with Gasteiger partial charge in [0.15, 0.2) is 0 Å². The Morgan fingerprint density at radius 2 is 2.46 bits per heavy atom. The van der Waals surface area contributed by atoms with Crippen LogP contribution in [0.1, 0.15) is 19.3 Å². The highest BCUT2D eigenvalue weighted by Gasteiger charge is 2.02. The van der Waals surface area contributed by atoms with Crippen molar-refractivity contribution in [3.8, 4) is 11.8 Å². The molecule has 0 aromatic carbocycles. The first-order chi connectivity index (χ1) is 6.29. The van der Waals surface area contributed by atoms with Gasteiger partial charge in [0.25, 0.3) is 0 Å². The van der Waals surface area contributed by atoms with E-state index in [1.165, 1.54) is 18.6 Å². The minimum absolute atomic E-state index is 0.353. The van der Waals surface area contributed by atoms with Crippen molar-refractivity contribution in [2.24, 2.45) is 11.7 Å². The topological polar surface area (TPSA) is 43.1 Å². The van der Waals surface area contributed by atoms with Crippen LogP contribution in [0.4, 0.5) is 0 Å². The molecule has 0 aromatic heterocycles. The monoisotopic (exact) mass is 175 g/mol. The van der Waals surface area contributed by atoms with E-state index in [0.717, 1.165) is 12.8 Å². The molecule has 2 N–H and O–H groups in total. The average Bonchev–Trinajstić information content (AvgIpc) is 2.14. The third kappa shape index (κ3) is 4.17. The first-order valence-electron chi connectivity index (χ1n) is 4.43. The Morgan fingerprint density at radius 1 is 1.62 bits per heavy atom. The molecule has 0 radical (unpaired) electrons. The van der Waals surface area contributed by atoms with Gasteiger partial charge < -0.3 is 5.73 Å². The lowest BCUT2D eigenvalue weighted by atomic mass is 9.97. The average molecular weight is 175 g/mol. The molecule has 68 valence electrons. The fraction of sp³-hybridized carbons (Fsp3) is 0.364. The fourth-order valence-electron chi connectivity index (χ4n) is 1.21. The van der Waals surface area contributed by atoms with Gasteiger partial charge in [0, 0.05) is 12.0 Å². The fourth-order valence-corrected chi connectivity index (χ4v) is 1.21. The number of carbonyl (C=O) groups is 1. The van der Waals surface area contributed by atoms with Crippen LogP contribution >= 0.6 is 0 Å². The molecule has 2 nitrogen and oxygen atoms in total. The van der Waals surface area contributed by atoms with Crippen molar-refractivity contribution in [1.29, 1.82) is 0 Å². The molecule has 0 saturated heterocycles. The van der Waals surface area contributed by atoms with Gasteiger partial charge in [-0.3, -0.25) is 4.79 Å². The Kier molecular flexibility index (Phi) is 3.84. The number of hydrogen-bond donors (Lipinski definition) is 1. The molecule has 2 heteroatoms. The van der Waals surface area contributed by atoms with E-state index in [9.17, 15) is 4.79 Å². The van der Waals surface area contributed by atoms with Gasteiger partial charge in [0.2, 0.25) is 5.91 Å². The maximum absolute atomic E-state index is 10.3. The van der Waals surface area contributed by atoms with Crippen LogP contribution in [0, 0.1) is 17.8 Å². The van der Waals surface area contributed by atoms with Gasteiger partial charge in [-0.25, -0.2) is 0 Å². The molecule has 0 fully saturated rings. The zero-order valence-corrected chi connectivity index (χ0v) is 7.49. The number of amides is 1. The molecular weight excluding hydrogens is 162 g/mol. The van der Waals surface area contributed by atoms with Crippen molar-refractivity contribution in [3.63, 3.8) is 0 Å². The molecular formula is C11H13NO. The van der Waals surface area contributed by atoms with Gasteiger partial charge >= 0.3 is 0 Å². The predicted octanol–water partition coefficient (Wildman–Crippen LogP) is 1.39. The van der Waals surface area contributed by atoms with Gasteiger partial charge in [0.05, 0.1) is 0 Å². The molecule has 1 atom stereocenters. The van der Waals surface area contributed by atoms with Gasteiger partial charge in [0.1, 0.15) is 0 Å². The van der Waals surface area contributed by atoms with Crippen molar-refractivity contribution in [2.75, 3.05) is 0 Å². The maximum atomic E-state index is 10.3. The van der Waals surface area contributed by atoms with Crippen LogP contribution in [0.5, 0.6) is 0 Å². The molecule has 13 heavy (non-hydrogen) atoms. The summed E-state index contributed by atoms with van der Waals surface area (Å²) in [5.74, 6) is 5.75. The summed E-state index contributed by atoms with van der Waals surface area (Å²) < 4.78 is 0. The van der Waals surface area contributed by atoms with Crippen LogP contribution in [0.25, 0.3) is 0 Å². The molecule has 0 aliphatic heterocycles. The number of nitrogens with two attached hydrogens (primary N) is 1. The van der Waals surface area contributed by atoms with E-state index >= 15 is 0 Å². The van der Waals surface area contributed by atoms with E-state index in [-0.39, 0.29) is 0 Å². The Balaban J connectivity index is 2.41. The zero-order valence-electron chi connectivity index (χ0n) is 7.49. The SMILES string of the molecule is NC(=O)/C=C\C#CC1C=CCCC1. The number of rotatable bonds is 1. The lowest BCUT2D eigenvalue weighted by molar-refractivity contribution is -0.113. The van der Waals surface area contributed by atoms with Crippen molar-refractivity contribution >= 4 is 5.91 Å². The van der Waals surface area contributed by atoms with E-state index < -0.39 is 5.91 Å². The number of primary amides is 1. The highest BCUT2D eigenvalue weighted by Crippen LogP contribution is 2.15. The maximum Gasteiger partial charge on any atom is 0.242 e. The number of allylic oxidation sites excluding steroid dienone is 3. The molecule has 0 saturated carbocycles. The molecule has 0 aromatic rings. The third-order valence-corrected chi connectivity index (χ3v) is 1.85. The Labute approximate surface area is 78.5 Å². The Hall–Kier alpha value is -1.49. The summed E-state index contributed by atoms with van der Waals surface area (Å²) in [7, 11) is 0. The lowest BCUT2D eigenvalue weighted by Crippen LogP contribution is -2.05. The second-order valence-electron chi connectivity index (χ2n) is 2.99. The van der Waals surface area contributed by atoms with Crippen LogP contribution in [0.15, 0.2) is 24.3 Å². The zero-order chi connectivity index (χ0) is 9.52. The highest BCUT2D eigenvalue weighted by molar-refractivity contribution is 5.86. The Bertz CT molecular complexity index is 291. The van der Waals surface area contributed by atoms with Crippen LogP contribution in [-0.4, -0.2) is 5.91 Å². The summed E-state index contributed by atoms with van der Waals surface area (Å²) in [6, 6.07) is 0. The normalized spacial score (nSPS) is 21.1. The summed E-state index contributed by atoms with van der Waals surface area (Å²) in [5, 5.41) is 0. The quantitative estimate of drug-likeness (QED) is 0.365. The third-order valence-electron chi connectivity index (χ3n) is 1.85. The Morgan fingerprint density at radius 3 is 3.08 bits per heavy atom. The molecule has 1 aliphatic carbocycles. The highest BCUT2D eigenvalue weighted by atomic mass is 16.1. The smallest absolute Gasteiger partial charge is 0.242 e. The summed E-state index contributed by atoms with van der Waals surface area (Å²) in [4.78, 5) is 10.3. The van der Waals surface area contributed by atoms with E-state index in [1.807, 2.05) is 0 Å². The summed E-state index contributed by atoms with van der Waals surface area (Å²) in [6.07, 6.45) is 10.5. The van der Waals surface area contributed by atoms with Crippen molar-refractivity contribution < 1.29 is 4.79 Å². The van der Waals surface area contributed by atoms with Crippen molar-refractivity contribution in [3.05, 3.63) is 24.3 Å². The van der Waals surface area contributed by atoms with Crippen LogP contribution in [-0.2, 0) is 4.79 Å². The summed E-state index contributed by atoms with van der Waals surface area (Å²) in [5.41, 5.74) is 4.90. The molecule has 1 rings (SSSR count). The largest absolute Gasteiger partial charge is 0.366 e. The van der Waals surface area contributed by atoms with E-state index in [4.69, 9.17) is 5.73 Å². The predicted molar refractivity (Wildman–Crippen MR) is 52.6 cm³/mol. The molecule has 0 heterocycles. The second kappa shape index (κ2) is 5.21. The van der Waals surface area contributed by atoms with Gasteiger partial charge in [-0.1, -0.05) is 24.0 Å².